The number of halogens is 1. The van der Waals surface area contributed by atoms with E-state index in [1.165, 1.54) is 12.3 Å². The van der Waals surface area contributed by atoms with E-state index in [-0.39, 0.29) is 6.61 Å². The molecule has 0 bridgehead atoms. The van der Waals surface area contributed by atoms with Gasteiger partial charge in [0.15, 0.2) is 0 Å². The van der Waals surface area contributed by atoms with Gasteiger partial charge < -0.3 is 14.4 Å². The van der Waals surface area contributed by atoms with Crippen LogP contribution in [0.5, 0.6) is 0 Å². The first-order valence-corrected chi connectivity index (χ1v) is 6.54. The monoisotopic (exact) mass is 279 g/mol. The van der Waals surface area contributed by atoms with Crippen LogP contribution < -0.4 is 0 Å². The Morgan fingerprint density at radius 2 is 1.90 bits per heavy atom. The standard InChI is InChI=1S/C14H19BFNO3/c1-13(2)14(3,4)20-15(19-13)6-5-10-8-17-12(16)7-11(10)9-18/h5-8,18H,9H2,1-4H3/b6-5+. The second-order valence-electron chi connectivity index (χ2n) is 5.85. The van der Waals surface area contributed by atoms with Gasteiger partial charge in [0, 0.05) is 6.20 Å². The predicted molar refractivity (Wildman–Crippen MR) is 75.2 cm³/mol. The maximum atomic E-state index is 13.0. The Bertz CT molecular complexity index is 515. The van der Waals surface area contributed by atoms with Crippen LogP contribution in [-0.2, 0) is 15.9 Å². The van der Waals surface area contributed by atoms with Crippen LogP contribution in [-0.4, -0.2) is 28.4 Å². The van der Waals surface area contributed by atoms with Crippen molar-refractivity contribution in [3.8, 4) is 0 Å². The Balaban J connectivity index is 2.16. The number of hydrogen-bond donors (Lipinski definition) is 1. The van der Waals surface area contributed by atoms with Crippen molar-refractivity contribution in [1.82, 2.24) is 4.98 Å². The van der Waals surface area contributed by atoms with Crippen molar-refractivity contribution in [2.75, 3.05) is 0 Å². The summed E-state index contributed by atoms with van der Waals surface area (Å²) in [6.45, 7) is 7.64. The number of pyridine rings is 1. The molecule has 2 rings (SSSR count). The lowest BCUT2D eigenvalue weighted by molar-refractivity contribution is 0.00578. The van der Waals surface area contributed by atoms with Crippen molar-refractivity contribution in [2.24, 2.45) is 0 Å². The van der Waals surface area contributed by atoms with E-state index in [9.17, 15) is 9.50 Å². The molecular weight excluding hydrogens is 260 g/mol. The zero-order chi connectivity index (χ0) is 15.0. The zero-order valence-electron chi connectivity index (χ0n) is 12.2. The molecule has 108 valence electrons. The third-order valence-corrected chi connectivity index (χ3v) is 3.87. The molecule has 1 aliphatic rings. The molecular formula is C14H19BFNO3. The van der Waals surface area contributed by atoms with Gasteiger partial charge in [0.1, 0.15) is 0 Å². The van der Waals surface area contributed by atoms with Crippen molar-refractivity contribution < 1.29 is 18.8 Å². The van der Waals surface area contributed by atoms with Crippen LogP contribution in [0.3, 0.4) is 0 Å². The Hall–Kier alpha value is -1.24. The Labute approximate surface area is 118 Å². The highest BCUT2D eigenvalue weighted by Crippen LogP contribution is 2.37. The number of aromatic nitrogens is 1. The number of hydrogen-bond acceptors (Lipinski definition) is 4. The van der Waals surface area contributed by atoms with Gasteiger partial charge in [0.05, 0.1) is 17.8 Å². The second-order valence-corrected chi connectivity index (χ2v) is 5.85. The average Bonchev–Trinajstić information content (AvgIpc) is 2.56. The van der Waals surface area contributed by atoms with Gasteiger partial charge in [-0.3, -0.25) is 0 Å². The summed E-state index contributed by atoms with van der Waals surface area (Å²) in [5.41, 5.74) is 0.319. The van der Waals surface area contributed by atoms with Crippen LogP contribution in [0, 0.1) is 5.95 Å². The summed E-state index contributed by atoms with van der Waals surface area (Å²) in [4.78, 5) is 3.58. The molecule has 20 heavy (non-hydrogen) atoms. The van der Waals surface area contributed by atoms with Crippen molar-refractivity contribution in [3.05, 3.63) is 35.3 Å². The lowest BCUT2D eigenvalue weighted by atomic mass is 9.89. The Morgan fingerprint density at radius 3 is 2.45 bits per heavy atom. The van der Waals surface area contributed by atoms with E-state index >= 15 is 0 Å². The topological polar surface area (TPSA) is 51.6 Å². The zero-order valence-corrected chi connectivity index (χ0v) is 12.2. The predicted octanol–water partition coefficient (Wildman–Crippen LogP) is 2.36. The molecule has 0 amide bonds. The third kappa shape index (κ3) is 2.92. The highest BCUT2D eigenvalue weighted by Gasteiger charge is 2.49. The molecule has 1 fully saturated rings. The smallest absolute Gasteiger partial charge is 0.400 e. The van der Waals surface area contributed by atoms with E-state index in [0.717, 1.165) is 0 Å². The van der Waals surface area contributed by atoms with Crippen LogP contribution in [0.25, 0.3) is 6.08 Å². The fourth-order valence-electron chi connectivity index (χ4n) is 1.91. The summed E-state index contributed by atoms with van der Waals surface area (Å²) in [5, 5.41) is 9.21. The number of rotatable bonds is 3. The lowest BCUT2D eigenvalue weighted by Gasteiger charge is -2.32. The van der Waals surface area contributed by atoms with Gasteiger partial charge in [-0.05, 0) is 44.9 Å². The molecule has 0 aliphatic carbocycles. The van der Waals surface area contributed by atoms with Crippen molar-refractivity contribution in [2.45, 2.75) is 45.5 Å². The molecule has 6 heteroatoms. The summed E-state index contributed by atoms with van der Waals surface area (Å²) >= 11 is 0. The molecule has 1 saturated heterocycles. The lowest BCUT2D eigenvalue weighted by Crippen LogP contribution is -2.41. The molecule has 0 aromatic carbocycles. The molecule has 4 nitrogen and oxygen atoms in total. The van der Waals surface area contributed by atoms with Gasteiger partial charge in [0.25, 0.3) is 0 Å². The van der Waals surface area contributed by atoms with Gasteiger partial charge in [-0.15, -0.1) is 0 Å². The molecule has 0 atom stereocenters. The first kappa shape index (κ1) is 15.2. The van der Waals surface area contributed by atoms with Crippen molar-refractivity contribution in [3.63, 3.8) is 0 Å². The Kier molecular flexibility index (Phi) is 4.00. The van der Waals surface area contributed by atoms with E-state index in [0.29, 0.717) is 11.1 Å². The summed E-state index contributed by atoms with van der Waals surface area (Å²) in [6, 6.07) is 1.21. The second kappa shape index (κ2) is 5.28. The fourth-order valence-corrected chi connectivity index (χ4v) is 1.91. The number of aliphatic hydroxyl groups excluding tert-OH is 1. The van der Waals surface area contributed by atoms with E-state index in [1.807, 2.05) is 27.7 Å². The molecule has 2 heterocycles. The van der Waals surface area contributed by atoms with Crippen molar-refractivity contribution in [1.29, 1.82) is 0 Å². The van der Waals surface area contributed by atoms with E-state index in [2.05, 4.69) is 4.98 Å². The highest BCUT2D eigenvalue weighted by molar-refractivity contribution is 6.52. The van der Waals surface area contributed by atoms with E-state index in [1.54, 1.807) is 12.1 Å². The molecule has 1 N–H and O–H groups in total. The van der Waals surface area contributed by atoms with E-state index < -0.39 is 24.3 Å². The third-order valence-electron chi connectivity index (χ3n) is 3.87. The van der Waals surface area contributed by atoms with Crippen LogP contribution in [0.2, 0.25) is 0 Å². The van der Waals surface area contributed by atoms with Crippen LogP contribution >= 0.6 is 0 Å². The number of aliphatic hydroxyl groups is 1. The van der Waals surface area contributed by atoms with Crippen molar-refractivity contribution >= 4 is 13.2 Å². The quantitative estimate of drug-likeness (QED) is 0.681. The first-order valence-electron chi connectivity index (χ1n) is 6.54. The minimum absolute atomic E-state index is 0.248. The highest BCUT2D eigenvalue weighted by atomic mass is 19.1. The normalized spacial score (nSPS) is 20.8. The van der Waals surface area contributed by atoms with Gasteiger partial charge in [-0.25, -0.2) is 4.98 Å². The minimum atomic E-state index is -0.609. The van der Waals surface area contributed by atoms with Crippen LogP contribution in [0.1, 0.15) is 38.8 Å². The summed E-state index contributed by atoms with van der Waals surface area (Å²) < 4.78 is 24.6. The van der Waals surface area contributed by atoms with Crippen LogP contribution in [0.4, 0.5) is 4.39 Å². The molecule has 0 unspecified atom stereocenters. The first-order chi connectivity index (χ1) is 9.25. The summed E-state index contributed by atoms with van der Waals surface area (Å²) in [6.07, 6.45) is 3.10. The fraction of sp³-hybridized carbons (Fsp3) is 0.500. The SMILES string of the molecule is CC1(C)OB(/C=C/c2cnc(F)cc2CO)OC1(C)C. The minimum Gasteiger partial charge on any atom is -0.400 e. The maximum absolute atomic E-state index is 13.0. The van der Waals surface area contributed by atoms with Gasteiger partial charge >= 0.3 is 7.12 Å². The summed E-state index contributed by atoms with van der Waals surface area (Å²) in [7, 11) is -0.475. The Morgan fingerprint density at radius 1 is 1.30 bits per heavy atom. The molecule has 1 aliphatic heterocycles. The largest absolute Gasteiger partial charge is 0.487 e. The average molecular weight is 279 g/mol. The summed E-state index contributed by atoms with van der Waals surface area (Å²) in [5.74, 6) is 1.13. The van der Waals surface area contributed by atoms with Gasteiger partial charge in [0.2, 0.25) is 5.95 Å². The molecule has 1 aromatic heterocycles. The molecule has 0 radical (unpaired) electrons. The maximum Gasteiger partial charge on any atom is 0.487 e. The van der Waals surface area contributed by atoms with Crippen LogP contribution in [0.15, 0.2) is 18.2 Å². The molecule has 0 spiro atoms. The number of nitrogens with zero attached hydrogens (tertiary/aromatic N) is 1. The van der Waals surface area contributed by atoms with E-state index in [4.69, 9.17) is 9.31 Å². The van der Waals surface area contributed by atoms with Gasteiger partial charge in [-0.1, -0.05) is 12.1 Å². The molecule has 1 aromatic rings. The molecule has 0 saturated carbocycles. The van der Waals surface area contributed by atoms with Gasteiger partial charge in [-0.2, -0.15) is 4.39 Å².